The Hall–Kier alpha value is -4.48. The van der Waals surface area contributed by atoms with Crippen LogP contribution >= 0.6 is 0 Å². The summed E-state index contributed by atoms with van der Waals surface area (Å²) in [4.78, 5) is 18.4. The predicted octanol–water partition coefficient (Wildman–Crippen LogP) is 4.09. The number of amides is 1. The summed E-state index contributed by atoms with van der Waals surface area (Å²) < 4.78 is 39.6. The number of ether oxygens (including phenoxy) is 1. The van der Waals surface area contributed by atoms with Gasteiger partial charge in [0.1, 0.15) is 12.4 Å². The lowest BCUT2D eigenvalue weighted by atomic mass is 10.1. The topological polar surface area (TPSA) is 112 Å². The molecule has 12 heteroatoms. The number of hydrogen-bond donors (Lipinski definition) is 0. The second kappa shape index (κ2) is 8.87. The van der Waals surface area contributed by atoms with Crippen LogP contribution in [0.2, 0.25) is 0 Å². The molecule has 0 N–H and O–H groups in total. The van der Waals surface area contributed by atoms with E-state index in [1.807, 2.05) is 24.3 Å². The molecule has 6 rings (SSSR count). The van der Waals surface area contributed by atoms with Crippen LogP contribution in [0.5, 0.6) is 5.88 Å². The van der Waals surface area contributed by atoms with E-state index in [1.165, 1.54) is 11.1 Å². The van der Waals surface area contributed by atoms with Crippen molar-refractivity contribution < 1.29 is 22.8 Å². The second-order valence-corrected chi connectivity index (χ2v) is 8.91. The lowest BCUT2D eigenvalue weighted by Crippen LogP contribution is -2.42. The fourth-order valence-electron chi connectivity index (χ4n) is 4.29. The fourth-order valence-corrected chi connectivity index (χ4v) is 4.29. The Morgan fingerprint density at radius 1 is 1.11 bits per heavy atom. The highest BCUT2D eigenvalue weighted by atomic mass is 19.3. The number of pyridine rings is 1. The maximum atomic E-state index is 13.4. The first-order valence-corrected chi connectivity index (χ1v) is 11.7. The third-order valence-corrected chi connectivity index (χ3v) is 6.30. The molecule has 0 unspecified atom stereocenters. The largest absolute Gasteiger partial charge is 0.470 e. The highest BCUT2D eigenvalue weighted by molar-refractivity contribution is 5.97. The number of benzene rings is 1. The molecule has 5 heterocycles. The number of alkyl halides is 2. The van der Waals surface area contributed by atoms with Gasteiger partial charge < -0.3 is 14.2 Å². The van der Waals surface area contributed by atoms with Crippen molar-refractivity contribution in [3.05, 3.63) is 65.7 Å². The minimum Gasteiger partial charge on any atom is -0.470 e. The summed E-state index contributed by atoms with van der Waals surface area (Å²) in [5.74, 6) is -1.62. The van der Waals surface area contributed by atoms with Crippen molar-refractivity contribution in [3.8, 4) is 17.4 Å². The Morgan fingerprint density at radius 2 is 1.89 bits per heavy atom. The van der Waals surface area contributed by atoms with Crippen molar-refractivity contribution in [2.45, 2.75) is 32.3 Å². The van der Waals surface area contributed by atoms with E-state index in [4.69, 9.17) is 9.26 Å². The van der Waals surface area contributed by atoms with Crippen LogP contribution in [-0.2, 0) is 6.61 Å². The molecule has 1 fully saturated rings. The third-order valence-electron chi connectivity index (χ3n) is 6.30. The van der Waals surface area contributed by atoms with Crippen molar-refractivity contribution in [2.75, 3.05) is 13.1 Å². The second-order valence-electron chi connectivity index (χ2n) is 8.91. The van der Waals surface area contributed by atoms with Crippen LogP contribution in [0.15, 0.2) is 53.2 Å². The van der Waals surface area contributed by atoms with Gasteiger partial charge in [0.15, 0.2) is 11.3 Å². The van der Waals surface area contributed by atoms with Crippen LogP contribution in [0.25, 0.3) is 27.9 Å². The third kappa shape index (κ3) is 4.34. The van der Waals surface area contributed by atoms with Gasteiger partial charge in [0, 0.05) is 49.0 Å². The molecule has 5 aromatic rings. The molecule has 4 aromatic heterocycles. The van der Waals surface area contributed by atoms with E-state index < -0.39 is 5.92 Å². The maximum absolute atomic E-state index is 13.4. The number of aromatic nitrogens is 6. The first-order valence-electron chi connectivity index (χ1n) is 11.7. The zero-order valence-corrected chi connectivity index (χ0v) is 19.8. The molecule has 1 saturated heterocycles. The van der Waals surface area contributed by atoms with E-state index in [1.54, 1.807) is 29.6 Å². The molecular formula is C25H21F2N7O3. The molecular weight excluding hydrogens is 484 g/mol. The lowest BCUT2D eigenvalue weighted by Gasteiger charge is -2.31. The molecule has 1 aliphatic rings. The summed E-state index contributed by atoms with van der Waals surface area (Å²) in [6.45, 7) is 1.93. The number of halogens is 2. The zero-order chi connectivity index (χ0) is 25.6. The summed E-state index contributed by atoms with van der Waals surface area (Å²) in [5, 5.41) is 18.7. The lowest BCUT2D eigenvalue weighted by molar-refractivity contribution is -0.0494. The summed E-state index contributed by atoms with van der Waals surface area (Å²) >= 11 is 0. The van der Waals surface area contributed by atoms with Gasteiger partial charge in [-0.2, -0.15) is 4.52 Å². The van der Waals surface area contributed by atoms with E-state index in [2.05, 4.69) is 25.4 Å². The summed E-state index contributed by atoms with van der Waals surface area (Å²) in [7, 11) is 0. The SMILES string of the molecule is Cc1cc(-c2nnc3c4ccccc4c(OCc4ccc(C(=O)N5CCC(F)(F)CC5)cn4)nn23)no1. The van der Waals surface area contributed by atoms with Crippen molar-refractivity contribution in [2.24, 2.45) is 0 Å². The molecule has 10 nitrogen and oxygen atoms in total. The van der Waals surface area contributed by atoms with Gasteiger partial charge in [0.05, 0.1) is 11.3 Å². The molecule has 0 aliphatic carbocycles. The molecule has 0 bridgehead atoms. The molecule has 1 aromatic carbocycles. The van der Waals surface area contributed by atoms with Crippen LogP contribution in [0, 0.1) is 6.92 Å². The Kier molecular flexibility index (Phi) is 5.50. The molecule has 188 valence electrons. The highest BCUT2D eigenvalue weighted by Gasteiger charge is 2.35. The molecule has 1 aliphatic heterocycles. The van der Waals surface area contributed by atoms with E-state index in [9.17, 15) is 13.6 Å². The van der Waals surface area contributed by atoms with E-state index in [0.717, 1.165) is 10.8 Å². The Balaban J connectivity index is 1.24. The van der Waals surface area contributed by atoms with Crippen molar-refractivity contribution in [1.82, 2.24) is 34.9 Å². The average molecular weight is 505 g/mol. The molecule has 37 heavy (non-hydrogen) atoms. The van der Waals surface area contributed by atoms with Crippen LogP contribution in [0.3, 0.4) is 0 Å². The number of carbonyl (C=O) groups is 1. The Bertz CT molecular complexity index is 1600. The van der Waals surface area contributed by atoms with Gasteiger partial charge in [-0.05, 0) is 25.1 Å². The minimum absolute atomic E-state index is 0.0247. The number of piperidine rings is 1. The number of carbonyl (C=O) groups excluding carboxylic acids is 1. The molecule has 0 radical (unpaired) electrons. The number of aryl methyl sites for hydroxylation is 1. The minimum atomic E-state index is -2.71. The van der Waals surface area contributed by atoms with E-state index >= 15 is 0 Å². The number of likely N-dealkylation sites (tertiary alicyclic amines) is 1. The van der Waals surface area contributed by atoms with Crippen molar-refractivity contribution in [3.63, 3.8) is 0 Å². The van der Waals surface area contributed by atoms with E-state index in [-0.39, 0.29) is 38.4 Å². The van der Waals surface area contributed by atoms with Gasteiger partial charge in [-0.3, -0.25) is 9.78 Å². The fraction of sp³-hybridized carbons (Fsp3) is 0.280. The zero-order valence-electron chi connectivity index (χ0n) is 19.8. The van der Waals surface area contributed by atoms with E-state index in [0.29, 0.717) is 40.1 Å². The normalized spacial score (nSPS) is 15.4. The number of fused-ring (bicyclic) bond motifs is 3. The average Bonchev–Trinajstić information content (AvgIpc) is 3.53. The monoisotopic (exact) mass is 505 g/mol. The summed E-state index contributed by atoms with van der Waals surface area (Å²) in [6.07, 6.45) is 0.787. The summed E-state index contributed by atoms with van der Waals surface area (Å²) in [5.41, 5.74) is 1.97. The van der Waals surface area contributed by atoms with Gasteiger partial charge in [-0.15, -0.1) is 15.3 Å². The first kappa shape index (κ1) is 23.0. The van der Waals surface area contributed by atoms with Crippen LogP contribution in [-0.4, -0.2) is 59.8 Å². The van der Waals surface area contributed by atoms with Gasteiger partial charge in [-0.25, -0.2) is 8.78 Å². The number of rotatable bonds is 5. The predicted molar refractivity (Wildman–Crippen MR) is 127 cm³/mol. The van der Waals surface area contributed by atoms with Gasteiger partial charge >= 0.3 is 0 Å². The molecule has 0 spiro atoms. The molecule has 0 saturated carbocycles. The van der Waals surface area contributed by atoms with Crippen molar-refractivity contribution in [1.29, 1.82) is 0 Å². The van der Waals surface area contributed by atoms with Crippen LogP contribution < -0.4 is 4.74 Å². The summed E-state index contributed by atoms with van der Waals surface area (Å²) in [6, 6.07) is 12.6. The quantitative estimate of drug-likeness (QED) is 0.351. The Morgan fingerprint density at radius 3 is 2.59 bits per heavy atom. The molecule has 0 atom stereocenters. The van der Waals surface area contributed by atoms with Crippen molar-refractivity contribution >= 4 is 22.3 Å². The molecule has 1 amide bonds. The Labute approximate surface area is 208 Å². The number of nitrogens with zero attached hydrogens (tertiary/aromatic N) is 7. The number of hydrogen-bond acceptors (Lipinski definition) is 8. The van der Waals surface area contributed by atoms with Crippen LogP contribution in [0.1, 0.15) is 34.7 Å². The highest BCUT2D eigenvalue weighted by Crippen LogP contribution is 2.30. The van der Waals surface area contributed by atoms with Gasteiger partial charge in [-0.1, -0.05) is 23.4 Å². The van der Waals surface area contributed by atoms with Gasteiger partial charge in [0.25, 0.3) is 11.8 Å². The standard InChI is InChI=1S/C25H21F2N7O3/c1-15-12-20(32-37-15)22-30-29-21-18-4-2-3-5-19(18)23(31-34(21)22)36-14-17-7-6-16(13-28-17)24(35)33-10-8-25(26,27)9-11-33/h2-7,12-13H,8-11,14H2,1H3. The first-order chi connectivity index (χ1) is 17.9. The van der Waals surface area contributed by atoms with Crippen LogP contribution in [0.4, 0.5) is 8.78 Å². The maximum Gasteiger partial charge on any atom is 0.255 e. The smallest absolute Gasteiger partial charge is 0.255 e. The van der Waals surface area contributed by atoms with Gasteiger partial charge in [0.2, 0.25) is 11.7 Å².